The van der Waals surface area contributed by atoms with Crippen LogP contribution in [0, 0.1) is 11.6 Å². The molecule has 0 saturated heterocycles. The first-order valence-electron chi connectivity index (χ1n) is 5.50. The molecule has 0 radical (unpaired) electrons. The number of rotatable bonds is 3. The van der Waals surface area contributed by atoms with E-state index in [1.807, 2.05) is 0 Å². The van der Waals surface area contributed by atoms with E-state index in [0.29, 0.717) is 11.4 Å². The van der Waals surface area contributed by atoms with Crippen LogP contribution in [0.5, 0.6) is 5.75 Å². The van der Waals surface area contributed by atoms with Crippen molar-refractivity contribution in [3.8, 4) is 5.75 Å². The molecule has 0 unspecified atom stereocenters. The highest BCUT2D eigenvalue weighted by Gasteiger charge is 2.13. The van der Waals surface area contributed by atoms with Gasteiger partial charge in [0.25, 0.3) is 5.91 Å². The zero-order valence-corrected chi connectivity index (χ0v) is 10.1. The fraction of sp³-hybridized carbons (Fsp3) is 0.0714. The van der Waals surface area contributed by atoms with Gasteiger partial charge in [-0.05, 0) is 30.3 Å². The predicted molar refractivity (Wildman–Crippen MR) is 67.3 cm³/mol. The molecular formula is C14H11F2NO2. The average molecular weight is 263 g/mol. The highest BCUT2D eigenvalue weighted by Crippen LogP contribution is 2.18. The molecule has 5 heteroatoms. The molecule has 1 amide bonds. The van der Waals surface area contributed by atoms with E-state index >= 15 is 0 Å². The van der Waals surface area contributed by atoms with Gasteiger partial charge in [0.1, 0.15) is 17.4 Å². The molecule has 0 aliphatic rings. The first-order chi connectivity index (χ1) is 9.10. The fourth-order valence-electron chi connectivity index (χ4n) is 1.57. The molecule has 2 aromatic carbocycles. The summed E-state index contributed by atoms with van der Waals surface area (Å²) in [5.41, 5.74) is 0.0934. The van der Waals surface area contributed by atoms with E-state index < -0.39 is 17.5 Å². The Kier molecular flexibility index (Phi) is 3.75. The molecule has 0 heterocycles. The molecule has 1 N–H and O–H groups in total. The highest BCUT2D eigenvalue weighted by atomic mass is 19.1. The lowest BCUT2D eigenvalue weighted by atomic mass is 10.2. The highest BCUT2D eigenvalue weighted by molar-refractivity contribution is 6.04. The number of methoxy groups -OCH3 is 1. The summed E-state index contributed by atoms with van der Waals surface area (Å²) >= 11 is 0. The molecular weight excluding hydrogens is 252 g/mol. The van der Waals surface area contributed by atoms with Gasteiger partial charge in [0.2, 0.25) is 0 Å². The summed E-state index contributed by atoms with van der Waals surface area (Å²) in [4.78, 5) is 11.8. The van der Waals surface area contributed by atoms with Gasteiger partial charge < -0.3 is 10.1 Å². The van der Waals surface area contributed by atoms with E-state index in [2.05, 4.69) is 5.32 Å². The van der Waals surface area contributed by atoms with Crippen molar-refractivity contribution >= 4 is 11.6 Å². The van der Waals surface area contributed by atoms with Crippen LogP contribution in [0.4, 0.5) is 14.5 Å². The van der Waals surface area contributed by atoms with E-state index in [1.54, 1.807) is 24.3 Å². The number of anilines is 1. The molecule has 98 valence electrons. The molecule has 2 aromatic rings. The number of ether oxygens (including phenoxy) is 1. The standard InChI is InChI=1S/C14H11F2NO2/c1-19-11-4-2-3-10(8-11)17-14(18)12-7-9(15)5-6-13(12)16/h2-8H,1H3,(H,17,18). The van der Waals surface area contributed by atoms with E-state index in [1.165, 1.54) is 7.11 Å². The first-order valence-corrected chi connectivity index (χ1v) is 5.50. The summed E-state index contributed by atoms with van der Waals surface area (Å²) in [6, 6.07) is 9.31. The van der Waals surface area contributed by atoms with Crippen molar-refractivity contribution in [3.05, 3.63) is 59.7 Å². The fourth-order valence-corrected chi connectivity index (χ4v) is 1.57. The largest absolute Gasteiger partial charge is 0.497 e. The van der Waals surface area contributed by atoms with Crippen LogP contribution in [0.15, 0.2) is 42.5 Å². The third-order valence-electron chi connectivity index (χ3n) is 2.50. The summed E-state index contributed by atoms with van der Waals surface area (Å²) in [6.07, 6.45) is 0. The molecule has 0 spiro atoms. The lowest BCUT2D eigenvalue weighted by Crippen LogP contribution is -2.14. The van der Waals surface area contributed by atoms with Gasteiger partial charge in [-0.15, -0.1) is 0 Å². The minimum absolute atomic E-state index is 0.345. The summed E-state index contributed by atoms with van der Waals surface area (Å²) in [5, 5.41) is 2.48. The van der Waals surface area contributed by atoms with Crippen molar-refractivity contribution in [2.75, 3.05) is 12.4 Å². The maximum absolute atomic E-state index is 13.4. The zero-order valence-electron chi connectivity index (χ0n) is 10.1. The normalized spacial score (nSPS) is 10.1. The Balaban J connectivity index is 2.23. The van der Waals surface area contributed by atoms with Crippen molar-refractivity contribution < 1.29 is 18.3 Å². The van der Waals surface area contributed by atoms with E-state index in [9.17, 15) is 13.6 Å². The molecule has 0 saturated carbocycles. The quantitative estimate of drug-likeness (QED) is 0.923. The minimum atomic E-state index is -0.776. The summed E-state index contributed by atoms with van der Waals surface area (Å²) in [6.45, 7) is 0. The lowest BCUT2D eigenvalue weighted by Gasteiger charge is -2.07. The number of carbonyl (C=O) groups excluding carboxylic acids is 1. The SMILES string of the molecule is COc1cccc(NC(=O)c2cc(F)ccc2F)c1. The third kappa shape index (κ3) is 3.07. The number of carbonyl (C=O) groups is 1. The number of amides is 1. The van der Waals surface area contributed by atoms with Crippen LogP contribution in [-0.2, 0) is 0 Å². The van der Waals surface area contributed by atoms with E-state index in [-0.39, 0.29) is 5.56 Å². The summed E-state index contributed by atoms with van der Waals surface area (Å²) in [5.74, 6) is -1.61. The molecule has 0 fully saturated rings. The second-order valence-corrected chi connectivity index (χ2v) is 3.81. The molecule has 0 aliphatic carbocycles. The van der Waals surface area contributed by atoms with Crippen LogP contribution in [0.25, 0.3) is 0 Å². The molecule has 0 aromatic heterocycles. The zero-order chi connectivity index (χ0) is 13.8. The Hall–Kier alpha value is -2.43. The van der Waals surface area contributed by atoms with Crippen molar-refractivity contribution in [2.45, 2.75) is 0 Å². The molecule has 0 bridgehead atoms. The van der Waals surface area contributed by atoms with Crippen molar-refractivity contribution in [3.63, 3.8) is 0 Å². The monoisotopic (exact) mass is 263 g/mol. The van der Waals surface area contributed by atoms with E-state index in [0.717, 1.165) is 18.2 Å². The van der Waals surface area contributed by atoms with E-state index in [4.69, 9.17) is 4.74 Å². The molecule has 2 rings (SSSR count). The smallest absolute Gasteiger partial charge is 0.258 e. The van der Waals surface area contributed by atoms with Crippen molar-refractivity contribution in [1.82, 2.24) is 0 Å². The Labute approximate surface area is 108 Å². The average Bonchev–Trinajstić information content (AvgIpc) is 2.41. The van der Waals surface area contributed by atoms with Crippen LogP contribution in [0.2, 0.25) is 0 Å². The number of hydrogen-bond acceptors (Lipinski definition) is 2. The number of hydrogen-bond donors (Lipinski definition) is 1. The molecule has 19 heavy (non-hydrogen) atoms. The first kappa shape index (κ1) is 13.0. The Bertz CT molecular complexity index is 614. The third-order valence-corrected chi connectivity index (χ3v) is 2.50. The van der Waals surface area contributed by atoms with Gasteiger partial charge in [-0.3, -0.25) is 4.79 Å². The Morgan fingerprint density at radius 3 is 2.68 bits per heavy atom. The number of halogens is 2. The van der Waals surface area contributed by atoms with Crippen molar-refractivity contribution in [2.24, 2.45) is 0 Å². The summed E-state index contributed by atoms with van der Waals surface area (Å²) < 4.78 is 31.4. The van der Waals surface area contributed by atoms with Crippen LogP contribution in [-0.4, -0.2) is 13.0 Å². The van der Waals surface area contributed by atoms with Crippen LogP contribution in [0.1, 0.15) is 10.4 Å². The van der Waals surface area contributed by atoms with Gasteiger partial charge in [0.05, 0.1) is 12.7 Å². The minimum Gasteiger partial charge on any atom is -0.497 e. The van der Waals surface area contributed by atoms with Gasteiger partial charge in [0, 0.05) is 11.8 Å². The molecule has 0 atom stereocenters. The van der Waals surface area contributed by atoms with Crippen LogP contribution >= 0.6 is 0 Å². The van der Waals surface area contributed by atoms with Crippen molar-refractivity contribution in [1.29, 1.82) is 0 Å². The van der Waals surface area contributed by atoms with Gasteiger partial charge in [0.15, 0.2) is 0 Å². The Morgan fingerprint density at radius 1 is 1.16 bits per heavy atom. The van der Waals surface area contributed by atoms with Gasteiger partial charge >= 0.3 is 0 Å². The van der Waals surface area contributed by atoms with Gasteiger partial charge in [-0.1, -0.05) is 6.07 Å². The van der Waals surface area contributed by atoms with Gasteiger partial charge in [-0.25, -0.2) is 8.78 Å². The summed E-state index contributed by atoms with van der Waals surface area (Å²) in [7, 11) is 1.49. The maximum atomic E-state index is 13.4. The van der Waals surface area contributed by atoms with Gasteiger partial charge in [-0.2, -0.15) is 0 Å². The molecule has 0 aliphatic heterocycles. The number of nitrogens with one attached hydrogen (secondary N) is 1. The van der Waals surface area contributed by atoms with Crippen LogP contribution in [0.3, 0.4) is 0 Å². The molecule has 3 nitrogen and oxygen atoms in total. The predicted octanol–water partition coefficient (Wildman–Crippen LogP) is 3.23. The lowest BCUT2D eigenvalue weighted by molar-refractivity contribution is 0.102. The Morgan fingerprint density at radius 2 is 1.95 bits per heavy atom. The second kappa shape index (κ2) is 5.48. The second-order valence-electron chi connectivity index (χ2n) is 3.81. The number of benzene rings is 2. The maximum Gasteiger partial charge on any atom is 0.258 e. The topological polar surface area (TPSA) is 38.3 Å². The van der Waals surface area contributed by atoms with Crippen LogP contribution < -0.4 is 10.1 Å².